The van der Waals surface area contributed by atoms with Gasteiger partial charge >= 0.3 is 6.18 Å². The van der Waals surface area contributed by atoms with Crippen LogP contribution in [-0.2, 0) is 25.7 Å². The molecule has 0 aliphatic carbocycles. The summed E-state index contributed by atoms with van der Waals surface area (Å²) in [5.41, 5.74) is -0.0984. The maximum absolute atomic E-state index is 13.8. The number of alkyl halides is 3. The van der Waals surface area contributed by atoms with Gasteiger partial charge in [0.2, 0.25) is 0 Å². The Morgan fingerprint density at radius 3 is 2.62 bits per heavy atom. The largest absolute Gasteiger partial charge is 0.433 e. The first-order valence-electron chi connectivity index (χ1n) is 10.0. The number of rotatable bonds is 6. The Morgan fingerprint density at radius 2 is 2.00 bits per heavy atom. The molecule has 11 heteroatoms. The van der Waals surface area contributed by atoms with E-state index in [1.165, 1.54) is 22.3 Å². The van der Waals surface area contributed by atoms with Crippen molar-refractivity contribution < 1.29 is 18.0 Å². The SMILES string of the molecule is CCc1ccc(-c2cc(C(F)(F)F)n3nc(C(=O)N(C)Cc4cnn(CC)c4)cc3n2)s1. The number of halogens is 3. The third-order valence-electron chi connectivity index (χ3n) is 4.98. The Bertz CT molecular complexity index is 1270. The lowest BCUT2D eigenvalue weighted by atomic mass is 10.2. The van der Waals surface area contributed by atoms with Gasteiger partial charge in [-0.15, -0.1) is 11.3 Å². The average Bonchev–Trinajstić information content (AvgIpc) is 3.50. The highest BCUT2D eigenvalue weighted by Crippen LogP contribution is 2.34. The van der Waals surface area contributed by atoms with Gasteiger partial charge in [0.1, 0.15) is 0 Å². The lowest BCUT2D eigenvalue weighted by Crippen LogP contribution is -2.26. The van der Waals surface area contributed by atoms with Crippen molar-refractivity contribution in [1.82, 2.24) is 29.3 Å². The van der Waals surface area contributed by atoms with E-state index in [1.54, 1.807) is 24.0 Å². The molecule has 168 valence electrons. The van der Waals surface area contributed by atoms with Crippen molar-refractivity contribution in [3.05, 3.63) is 58.5 Å². The highest BCUT2D eigenvalue weighted by molar-refractivity contribution is 7.15. The van der Waals surface area contributed by atoms with Crippen molar-refractivity contribution >= 4 is 22.9 Å². The fourth-order valence-corrected chi connectivity index (χ4v) is 4.22. The maximum Gasteiger partial charge on any atom is 0.433 e. The first-order valence-corrected chi connectivity index (χ1v) is 10.8. The Balaban J connectivity index is 1.70. The standard InChI is InChI=1S/C21H21F3N6OS/c1-4-14-6-7-17(32-14)15-8-18(21(22,23)24)30-19(26-15)9-16(27-30)20(31)28(3)11-13-10-25-29(5-2)12-13/h6-10,12H,4-5,11H2,1-3H3. The molecule has 0 bridgehead atoms. The quantitative estimate of drug-likeness (QED) is 0.422. The second-order valence-corrected chi connectivity index (χ2v) is 8.48. The molecule has 0 radical (unpaired) electrons. The number of carbonyl (C=O) groups excluding carboxylic acids is 1. The summed E-state index contributed by atoms with van der Waals surface area (Å²) < 4.78 is 43.8. The third-order valence-corrected chi connectivity index (χ3v) is 6.23. The van der Waals surface area contributed by atoms with E-state index in [4.69, 9.17) is 0 Å². The minimum absolute atomic E-state index is 0.0307. The second kappa shape index (κ2) is 8.38. The van der Waals surface area contributed by atoms with Gasteiger partial charge in [-0.3, -0.25) is 9.48 Å². The Labute approximate surface area is 186 Å². The molecular weight excluding hydrogens is 441 g/mol. The molecule has 0 saturated heterocycles. The molecule has 0 fully saturated rings. The zero-order valence-electron chi connectivity index (χ0n) is 17.7. The number of aromatic nitrogens is 5. The van der Waals surface area contributed by atoms with Crippen LogP contribution >= 0.6 is 11.3 Å². The van der Waals surface area contributed by atoms with E-state index in [2.05, 4.69) is 15.2 Å². The minimum atomic E-state index is -4.66. The molecule has 0 spiro atoms. The van der Waals surface area contributed by atoms with Crippen LogP contribution in [0.3, 0.4) is 0 Å². The van der Waals surface area contributed by atoms with Crippen LogP contribution in [0.25, 0.3) is 16.2 Å². The molecule has 1 amide bonds. The number of aryl methyl sites for hydroxylation is 2. The van der Waals surface area contributed by atoms with Crippen molar-refractivity contribution in [2.24, 2.45) is 0 Å². The number of fused-ring (bicyclic) bond motifs is 1. The van der Waals surface area contributed by atoms with Gasteiger partial charge in [-0.25, -0.2) is 9.50 Å². The van der Waals surface area contributed by atoms with Crippen LogP contribution in [0.1, 0.15) is 40.5 Å². The number of carbonyl (C=O) groups is 1. The summed E-state index contributed by atoms with van der Waals surface area (Å²) in [5, 5.41) is 8.11. The van der Waals surface area contributed by atoms with Crippen LogP contribution in [0.15, 0.2) is 36.7 Å². The monoisotopic (exact) mass is 462 g/mol. The van der Waals surface area contributed by atoms with E-state index < -0.39 is 17.8 Å². The van der Waals surface area contributed by atoms with Gasteiger partial charge in [-0.1, -0.05) is 6.92 Å². The zero-order chi connectivity index (χ0) is 23.0. The van der Waals surface area contributed by atoms with E-state index in [-0.39, 0.29) is 23.6 Å². The fraction of sp³-hybridized carbons (Fsp3) is 0.333. The number of amides is 1. The second-order valence-electron chi connectivity index (χ2n) is 7.31. The zero-order valence-corrected chi connectivity index (χ0v) is 18.5. The Morgan fingerprint density at radius 1 is 1.22 bits per heavy atom. The maximum atomic E-state index is 13.8. The van der Waals surface area contributed by atoms with E-state index in [1.807, 2.05) is 26.1 Å². The number of thiophene rings is 1. The van der Waals surface area contributed by atoms with Gasteiger partial charge in [0.25, 0.3) is 5.91 Å². The van der Waals surface area contributed by atoms with Gasteiger partial charge in [0, 0.05) is 42.8 Å². The molecule has 4 rings (SSSR count). The van der Waals surface area contributed by atoms with Crippen molar-refractivity contribution in [1.29, 1.82) is 0 Å². The van der Waals surface area contributed by atoms with Gasteiger partial charge < -0.3 is 4.90 Å². The summed E-state index contributed by atoms with van der Waals surface area (Å²) in [5.74, 6) is -0.501. The van der Waals surface area contributed by atoms with Crippen LogP contribution in [0.4, 0.5) is 13.2 Å². The Hall–Kier alpha value is -3.21. The molecule has 4 aromatic rings. The average molecular weight is 463 g/mol. The lowest BCUT2D eigenvalue weighted by molar-refractivity contribution is -0.142. The molecule has 7 nitrogen and oxygen atoms in total. The predicted molar refractivity (Wildman–Crippen MR) is 114 cm³/mol. The predicted octanol–water partition coefficient (Wildman–Crippen LogP) is 4.53. The number of hydrogen-bond donors (Lipinski definition) is 0. The summed E-state index contributed by atoms with van der Waals surface area (Å²) in [6.45, 7) is 4.88. The lowest BCUT2D eigenvalue weighted by Gasteiger charge is -2.14. The first kappa shape index (κ1) is 22.0. The van der Waals surface area contributed by atoms with Crippen molar-refractivity contribution in [3.8, 4) is 10.6 Å². The Kier molecular flexibility index (Phi) is 5.76. The topological polar surface area (TPSA) is 68.3 Å². The fourth-order valence-electron chi connectivity index (χ4n) is 3.31. The highest BCUT2D eigenvalue weighted by atomic mass is 32.1. The van der Waals surface area contributed by atoms with Crippen LogP contribution < -0.4 is 0 Å². The van der Waals surface area contributed by atoms with Crippen molar-refractivity contribution in [3.63, 3.8) is 0 Å². The molecular formula is C21H21F3N6OS. The van der Waals surface area contributed by atoms with E-state index in [9.17, 15) is 18.0 Å². The number of nitrogens with zero attached hydrogens (tertiary/aromatic N) is 6. The van der Waals surface area contributed by atoms with Gasteiger partial charge in [-0.2, -0.15) is 23.4 Å². The van der Waals surface area contributed by atoms with E-state index >= 15 is 0 Å². The van der Waals surface area contributed by atoms with E-state index in [0.29, 0.717) is 15.9 Å². The summed E-state index contributed by atoms with van der Waals surface area (Å²) in [7, 11) is 1.57. The summed E-state index contributed by atoms with van der Waals surface area (Å²) in [6, 6.07) is 5.90. The smallest absolute Gasteiger partial charge is 0.336 e. The van der Waals surface area contributed by atoms with Crippen LogP contribution in [0, 0.1) is 0 Å². The highest BCUT2D eigenvalue weighted by Gasteiger charge is 2.36. The van der Waals surface area contributed by atoms with Gasteiger partial charge in [0.15, 0.2) is 17.0 Å². The normalized spacial score (nSPS) is 11.9. The molecule has 0 aliphatic rings. The van der Waals surface area contributed by atoms with Crippen molar-refractivity contribution in [2.75, 3.05) is 7.05 Å². The molecule has 0 atom stereocenters. The molecule has 32 heavy (non-hydrogen) atoms. The molecule has 0 saturated carbocycles. The molecule has 4 aromatic heterocycles. The summed E-state index contributed by atoms with van der Waals surface area (Å²) >= 11 is 1.39. The molecule has 4 heterocycles. The van der Waals surface area contributed by atoms with Crippen LogP contribution in [-0.4, -0.2) is 42.2 Å². The molecule has 0 aromatic carbocycles. The van der Waals surface area contributed by atoms with Crippen LogP contribution in [0.2, 0.25) is 0 Å². The third kappa shape index (κ3) is 4.24. The summed E-state index contributed by atoms with van der Waals surface area (Å²) in [4.78, 5) is 20.3. The molecule has 0 aliphatic heterocycles. The minimum Gasteiger partial charge on any atom is -0.336 e. The van der Waals surface area contributed by atoms with Crippen molar-refractivity contribution in [2.45, 2.75) is 39.5 Å². The van der Waals surface area contributed by atoms with Gasteiger partial charge in [-0.05, 0) is 31.5 Å². The van der Waals surface area contributed by atoms with Gasteiger partial charge in [0.05, 0.1) is 16.8 Å². The summed E-state index contributed by atoms with van der Waals surface area (Å²) in [6.07, 6.45) is -0.408. The first-order chi connectivity index (χ1) is 15.2. The molecule has 0 N–H and O–H groups in total. The van der Waals surface area contributed by atoms with Crippen LogP contribution in [0.5, 0.6) is 0 Å². The number of hydrogen-bond acceptors (Lipinski definition) is 5. The van der Waals surface area contributed by atoms with E-state index in [0.717, 1.165) is 22.9 Å². The molecule has 0 unspecified atom stereocenters.